The Morgan fingerprint density at radius 1 is 1.38 bits per heavy atom. The first-order chi connectivity index (χ1) is 11.5. The van der Waals surface area contributed by atoms with E-state index >= 15 is 0 Å². The molecule has 3 rings (SSSR count). The zero-order valence-electron chi connectivity index (χ0n) is 13.8. The monoisotopic (exact) mass is 348 g/mol. The summed E-state index contributed by atoms with van der Waals surface area (Å²) in [6.07, 6.45) is 0. The second-order valence-corrected chi connectivity index (χ2v) is 6.58. The van der Waals surface area contributed by atoms with E-state index in [0.29, 0.717) is 34.5 Å². The Kier molecular flexibility index (Phi) is 4.62. The van der Waals surface area contributed by atoms with Crippen LogP contribution >= 0.6 is 12.2 Å². The Balaban J connectivity index is 1.92. The van der Waals surface area contributed by atoms with Crippen LogP contribution in [0.25, 0.3) is 0 Å². The van der Waals surface area contributed by atoms with Gasteiger partial charge in [-0.1, -0.05) is 19.9 Å². The standard InChI is InChI=1S/C17H20N2O4S/c1-9(2)7-21-16(20)14-10(3)18-17(24)19-15(14)11-4-5-12-13(6-11)23-8-22-12/h4-6,9,15H,7-8H2,1-3H3,(H2,18,19,24)/t15-/m1/s1. The lowest BCUT2D eigenvalue weighted by Gasteiger charge is -2.30. The van der Waals surface area contributed by atoms with E-state index in [0.717, 1.165) is 5.56 Å². The van der Waals surface area contributed by atoms with Gasteiger partial charge in [0.15, 0.2) is 16.6 Å². The summed E-state index contributed by atoms with van der Waals surface area (Å²) in [4.78, 5) is 12.6. The number of fused-ring (bicyclic) bond motifs is 1. The first kappa shape index (κ1) is 16.6. The molecule has 128 valence electrons. The Morgan fingerprint density at radius 3 is 2.88 bits per heavy atom. The van der Waals surface area contributed by atoms with E-state index in [1.807, 2.05) is 39.0 Å². The topological polar surface area (TPSA) is 68.8 Å². The van der Waals surface area contributed by atoms with Gasteiger partial charge < -0.3 is 24.8 Å². The number of hydrogen-bond acceptors (Lipinski definition) is 5. The number of ether oxygens (including phenoxy) is 3. The molecule has 7 heteroatoms. The summed E-state index contributed by atoms with van der Waals surface area (Å²) in [7, 11) is 0. The van der Waals surface area contributed by atoms with Crippen LogP contribution in [0, 0.1) is 5.92 Å². The zero-order valence-corrected chi connectivity index (χ0v) is 14.7. The van der Waals surface area contributed by atoms with Crippen molar-refractivity contribution >= 4 is 23.3 Å². The number of nitrogens with one attached hydrogen (secondary N) is 2. The fourth-order valence-corrected chi connectivity index (χ4v) is 2.90. The van der Waals surface area contributed by atoms with Crippen LogP contribution in [-0.4, -0.2) is 24.5 Å². The van der Waals surface area contributed by atoms with Crippen molar-refractivity contribution < 1.29 is 19.0 Å². The van der Waals surface area contributed by atoms with E-state index in [1.54, 1.807) is 0 Å². The van der Waals surface area contributed by atoms with Gasteiger partial charge in [-0.2, -0.15) is 0 Å². The highest BCUT2D eigenvalue weighted by Gasteiger charge is 2.32. The van der Waals surface area contributed by atoms with Crippen LogP contribution in [0.1, 0.15) is 32.4 Å². The van der Waals surface area contributed by atoms with E-state index in [9.17, 15) is 4.79 Å². The van der Waals surface area contributed by atoms with Crippen molar-refractivity contribution in [2.45, 2.75) is 26.8 Å². The van der Waals surface area contributed by atoms with Crippen LogP contribution in [0.5, 0.6) is 11.5 Å². The predicted octanol–water partition coefficient (Wildman–Crippen LogP) is 2.41. The van der Waals surface area contributed by atoms with Gasteiger partial charge in [-0.05, 0) is 42.8 Å². The van der Waals surface area contributed by atoms with Gasteiger partial charge in [0.05, 0.1) is 18.2 Å². The van der Waals surface area contributed by atoms with Gasteiger partial charge in [0.2, 0.25) is 6.79 Å². The maximum atomic E-state index is 12.6. The number of allylic oxidation sites excluding steroid dienone is 1. The molecule has 2 heterocycles. The molecule has 24 heavy (non-hydrogen) atoms. The van der Waals surface area contributed by atoms with Gasteiger partial charge in [-0.25, -0.2) is 4.79 Å². The van der Waals surface area contributed by atoms with Crippen molar-refractivity contribution in [1.29, 1.82) is 0 Å². The van der Waals surface area contributed by atoms with Gasteiger partial charge in [0.1, 0.15) is 0 Å². The molecule has 1 atom stereocenters. The van der Waals surface area contributed by atoms with Gasteiger partial charge in [0.25, 0.3) is 0 Å². The molecular weight excluding hydrogens is 328 g/mol. The van der Waals surface area contributed by atoms with Crippen LogP contribution in [-0.2, 0) is 9.53 Å². The van der Waals surface area contributed by atoms with Gasteiger partial charge >= 0.3 is 5.97 Å². The molecule has 0 saturated heterocycles. The van der Waals surface area contributed by atoms with E-state index in [2.05, 4.69) is 10.6 Å². The summed E-state index contributed by atoms with van der Waals surface area (Å²) >= 11 is 5.24. The maximum Gasteiger partial charge on any atom is 0.338 e. The van der Waals surface area contributed by atoms with Crippen LogP contribution in [0.2, 0.25) is 0 Å². The number of carbonyl (C=O) groups excluding carboxylic acids is 1. The summed E-state index contributed by atoms with van der Waals surface area (Å²) in [5.74, 6) is 1.27. The zero-order chi connectivity index (χ0) is 17.3. The highest BCUT2D eigenvalue weighted by molar-refractivity contribution is 7.80. The second kappa shape index (κ2) is 6.68. The molecule has 0 saturated carbocycles. The minimum atomic E-state index is -0.395. The highest BCUT2D eigenvalue weighted by atomic mass is 32.1. The molecule has 6 nitrogen and oxygen atoms in total. The lowest BCUT2D eigenvalue weighted by Crippen LogP contribution is -2.45. The van der Waals surface area contributed by atoms with Gasteiger partial charge in [0, 0.05) is 5.70 Å². The number of rotatable bonds is 4. The molecule has 0 unspecified atom stereocenters. The normalized spacial score (nSPS) is 19.2. The van der Waals surface area contributed by atoms with Crippen molar-refractivity contribution in [2.24, 2.45) is 5.92 Å². The fraction of sp³-hybridized carbons (Fsp3) is 0.412. The number of benzene rings is 1. The van der Waals surface area contributed by atoms with E-state index < -0.39 is 6.04 Å². The summed E-state index contributed by atoms with van der Waals surface area (Å²) in [6.45, 7) is 6.38. The third-order valence-corrected chi connectivity index (χ3v) is 3.99. The molecule has 0 spiro atoms. The molecule has 1 aromatic carbocycles. The Hall–Kier alpha value is -2.28. The Morgan fingerprint density at radius 2 is 2.12 bits per heavy atom. The largest absolute Gasteiger partial charge is 0.462 e. The van der Waals surface area contributed by atoms with Crippen molar-refractivity contribution in [3.05, 3.63) is 35.0 Å². The molecule has 0 aliphatic carbocycles. The molecule has 1 aromatic rings. The Bertz CT molecular complexity index is 715. The SMILES string of the molecule is CC1=C(C(=O)OCC(C)C)[C@@H](c2ccc3c(c2)OCO3)NC(=S)N1. The summed E-state index contributed by atoms with van der Waals surface area (Å²) in [5.41, 5.74) is 2.07. The summed E-state index contributed by atoms with van der Waals surface area (Å²) in [6, 6.07) is 5.18. The van der Waals surface area contributed by atoms with Crippen LogP contribution < -0.4 is 20.1 Å². The third kappa shape index (κ3) is 3.31. The summed E-state index contributed by atoms with van der Waals surface area (Å²) in [5, 5.41) is 6.60. The molecule has 2 aliphatic rings. The molecular formula is C17H20N2O4S. The van der Waals surface area contributed by atoms with Gasteiger partial charge in [-0.3, -0.25) is 0 Å². The molecule has 0 radical (unpaired) electrons. The second-order valence-electron chi connectivity index (χ2n) is 6.18. The van der Waals surface area contributed by atoms with Crippen molar-refractivity contribution in [2.75, 3.05) is 13.4 Å². The van der Waals surface area contributed by atoms with Crippen molar-refractivity contribution in [3.8, 4) is 11.5 Å². The average molecular weight is 348 g/mol. The molecule has 2 N–H and O–H groups in total. The van der Waals surface area contributed by atoms with Gasteiger partial charge in [-0.15, -0.1) is 0 Å². The lowest BCUT2D eigenvalue weighted by atomic mass is 9.95. The van der Waals surface area contributed by atoms with Crippen molar-refractivity contribution in [3.63, 3.8) is 0 Å². The first-order valence-corrected chi connectivity index (χ1v) is 8.21. The predicted molar refractivity (Wildman–Crippen MR) is 92.7 cm³/mol. The van der Waals surface area contributed by atoms with Crippen LogP contribution in [0.3, 0.4) is 0 Å². The number of hydrogen-bond donors (Lipinski definition) is 2. The fourth-order valence-electron chi connectivity index (χ4n) is 2.63. The minimum absolute atomic E-state index is 0.203. The molecule has 2 aliphatic heterocycles. The smallest absolute Gasteiger partial charge is 0.338 e. The molecule has 0 aromatic heterocycles. The van der Waals surface area contributed by atoms with Crippen molar-refractivity contribution in [1.82, 2.24) is 10.6 Å². The van der Waals surface area contributed by atoms with E-state index in [4.69, 9.17) is 26.4 Å². The highest BCUT2D eigenvalue weighted by Crippen LogP contribution is 2.37. The Labute approximate surface area is 146 Å². The maximum absolute atomic E-state index is 12.6. The number of esters is 1. The number of carbonyl (C=O) groups is 1. The first-order valence-electron chi connectivity index (χ1n) is 7.80. The average Bonchev–Trinajstić information content (AvgIpc) is 2.99. The summed E-state index contributed by atoms with van der Waals surface area (Å²) < 4.78 is 16.2. The molecule has 0 amide bonds. The minimum Gasteiger partial charge on any atom is -0.462 e. The van der Waals surface area contributed by atoms with E-state index in [-0.39, 0.29) is 18.7 Å². The third-order valence-electron chi connectivity index (χ3n) is 3.77. The molecule has 0 bridgehead atoms. The van der Waals surface area contributed by atoms with Crippen LogP contribution in [0.15, 0.2) is 29.5 Å². The quantitative estimate of drug-likeness (QED) is 0.640. The van der Waals surface area contributed by atoms with Crippen LogP contribution in [0.4, 0.5) is 0 Å². The molecule has 0 fully saturated rings. The van der Waals surface area contributed by atoms with E-state index in [1.165, 1.54) is 0 Å². The number of thiocarbonyl (C=S) groups is 1. The lowest BCUT2D eigenvalue weighted by molar-refractivity contribution is -0.140.